The number of anilines is 1. The van der Waals surface area contributed by atoms with Gasteiger partial charge in [-0.1, -0.05) is 18.5 Å². The molecule has 0 radical (unpaired) electrons. The fourth-order valence-electron chi connectivity index (χ4n) is 3.43. The smallest absolute Gasteiger partial charge is 0.258 e. The molecule has 2 N–H and O–H groups in total. The van der Waals surface area contributed by atoms with Crippen LogP contribution in [0.5, 0.6) is 23.0 Å². The highest BCUT2D eigenvalue weighted by molar-refractivity contribution is 6.32. The van der Waals surface area contributed by atoms with E-state index >= 15 is 0 Å². The number of amides is 1. The van der Waals surface area contributed by atoms with Crippen LogP contribution in [0, 0.1) is 0 Å². The zero-order valence-corrected chi connectivity index (χ0v) is 20.4. The number of carbonyl (C=O) groups is 1. The van der Waals surface area contributed by atoms with Crippen molar-refractivity contribution in [1.82, 2.24) is 14.9 Å². The molecule has 1 amide bonds. The van der Waals surface area contributed by atoms with Gasteiger partial charge in [0.05, 0.1) is 63.1 Å². The fourth-order valence-corrected chi connectivity index (χ4v) is 3.67. The molecule has 0 saturated heterocycles. The average molecular weight is 491 g/mol. The molecule has 1 aromatic heterocycles. The molecule has 0 atom stereocenters. The van der Waals surface area contributed by atoms with Crippen LogP contribution in [0.3, 0.4) is 0 Å². The Balaban J connectivity index is 1.78. The molecule has 0 fully saturated rings. The number of carbonyl (C=O) groups excluding carboxylic acids is 1. The van der Waals surface area contributed by atoms with Gasteiger partial charge in [-0.15, -0.1) is 0 Å². The van der Waals surface area contributed by atoms with E-state index in [0.717, 1.165) is 0 Å². The van der Waals surface area contributed by atoms with E-state index in [1.165, 1.54) is 28.4 Å². The first-order chi connectivity index (χ1) is 16.3. The number of nitrogens with one attached hydrogen (secondary N) is 2. The Morgan fingerprint density at radius 1 is 1.00 bits per heavy atom. The number of aromatic amines is 1. The zero-order chi connectivity index (χ0) is 24.8. The summed E-state index contributed by atoms with van der Waals surface area (Å²) in [5, 5.41) is 3.53. The number of methoxy groups -OCH3 is 4. The molecule has 10 nitrogen and oxygen atoms in total. The predicted octanol–water partition coefficient (Wildman–Crippen LogP) is 3.07. The fraction of sp³-hybridized carbons (Fsp3) is 0.348. The highest BCUT2D eigenvalue weighted by Gasteiger charge is 2.17. The van der Waals surface area contributed by atoms with Gasteiger partial charge in [0.2, 0.25) is 5.91 Å². The topological polar surface area (TPSA) is 115 Å². The SMILES string of the molecule is CCN(CC(=O)Nc1cc(Cl)c(OC)cc1OC)Cc1nc2cc(OC)c(OC)cc2c(=O)[nH]1. The Labute approximate surface area is 201 Å². The molecule has 0 aliphatic carbocycles. The summed E-state index contributed by atoms with van der Waals surface area (Å²) in [6.07, 6.45) is 0. The van der Waals surface area contributed by atoms with E-state index < -0.39 is 0 Å². The standard InChI is InChI=1S/C23H27ClN4O6/c1-6-28(12-22(29)26-16-8-14(24)17(31-2)10-18(16)32-3)11-21-25-15-9-20(34-5)19(33-4)7-13(15)23(30)27-21/h7-10H,6,11-12H2,1-5H3,(H,26,29)(H,25,27,30). The molecule has 2 aromatic carbocycles. The molecule has 34 heavy (non-hydrogen) atoms. The third-order valence-corrected chi connectivity index (χ3v) is 5.49. The summed E-state index contributed by atoms with van der Waals surface area (Å²) >= 11 is 6.18. The number of fused-ring (bicyclic) bond motifs is 1. The second kappa shape index (κ2) is 11.1. The van der Waals surface area contributed by atoms with Crippen molar-refractivity contribution in [2.75, 3.05) is 46.8 Å². The molecular weight excluding hydrogens is 464 g/mol. The lowest BCUT2D eigenvalue weighted by molar-refractivity contribution is -0.117. The summed E-state index contributed by atoms with van der Waals surface area (Å²) in [6, 6.07) is 6.40. The molecular formula is C23H27ClN4O6. The van der Waals surface area contributed by atoms with Gasteiger partial charge in [0.25, 0.3) is 5.56 Å². The van der Waals surface area contributed by atoms with Crippen LogP contribution in [0.15, 0.2) is 29.1 Å². The van der Waals surface area contributed by atoms with Crippen molar-refractivity contribution in [3.8, 4) is 23.0 Å². The van der Waals surface area contributed by atoms with Crippen LogP contribution in [-0.4, -0.2) is 62.3 Å². The van der Waals surface area contributed by atoms with Gasteiger partial charge in [0.1, 0.15) is 17.3 Å². The monoisotopic (exact) mass is 490 g/mol. The van der Waals surface area contributed by atoms with Gasteiger partial charge in [-0.3, -0.25) is 14.5 Å². The number of rotatable bonds is 10. The lowest BCUT2D eigenvalue weighted by Crippen LogP contribution is -2.34. The highest BCUT2D eigenvalue weighted by atomic mass is 35.5. The van der Waals surface area contributed by atoms with Gasteiger partial charge in [-0.25, -0.2) is 4.98 Å². The van der Waals surface area contributed by atoms with Crippen molar-refractivity contribution in [3.63, 3.8) is 0 Å². The van der Waals surface area contributed by atoms with Crippen molar-refractivity contribution in [2.24, 2.45) is 0 Å². The molecule has 0 spiro atoms. The van der Waals surface area contributed by atoms with Crippen molar-refractivity contribution < 1.29 is 23.7 Å². The molecule has 0 aliphatic rings. The largest absolute Gasteiger partial charge is 0.495 e. The molecule has 3 aromatic rings. The summed E-state index contributed by atoms with van der Waals surface area (Å²) in [5.74, 6) is 1.91. The Hall–Kier alpha value is -3.50. The maximum Gasteiger partial charge on any atom is 0.258 e. The number of hydrogen-bond acceptors (Lipinski definition) is 8. The Morgan fingerprint density at radius 3 is 2.26 bits per heavy atom. The summed E-state index contributed by atoms with van der Waals surface area (Å²) in [4.78, 5) is 34.5. The van der Waals surface area contributed by atoms with Crippen molar-refractivity contribution in [2.45, 2.75) is 13.5 Å². The van der Waals surface area contributed by atoms with Gasteiger partial charge < -0.3 is 29.2 Å². The van der Waals surface area contributed by atoms with Crippen LogP contribution >= 0.6 is 11.6 Å². The van der Waals surface area contributed by atoms with E-state index in [1.54, 1.807) is 24.3 Å². The number of hydrogen-bond donors (Lipinski definition) is 2. The molecule has 0 bridgehead atoms. The average Bonchev–Trinajstić information content (AvgIpc) is 2.82. The molecule has 3 rings (SSSR count). The normalized spacial score (nSPS) is 10.9. The van der Waals surface area contributed by atoms with E-state index in [-0.39, 0.29) is 24.6 Å². The van der Waals surface area contributed by atoms with Gasteiger partial charge in [0, 0.05) is 12.1 Å². The maximum atomic E-state index is 12.7. The van der Waals surface area contributed by atoms with E-state index in [2.05, 4.69) is 15.3 Å². The number of benzene rings is 2. The first-order valence-electron chi connectivity index (χ1n) is 10.4. The summed E-state index contributed by atoms with van der Waals surface area (Å²) < 4.78 is 21.1. The molecule has 0 aliphatic heterocycles. The molecule has 1 heterocycles. The van der Waals surface area contributed by atoms with E-state index in [0.29, 0.717) is 57.0 Å². The Kier molecular flexibility index (Phi) is 8.19. The van der Waals surface area contributed by atoms with Crippen LogP contribution in [0.2, 0.25) is 5.02 Å². The third kappa shape index (κ3) is 5.52. The minimum atomic E-state index is -0.306. The Morgan fingerprint density at radius 2 is 1.65 bits per heavy atom. The lowest BCUT2D eigenvalue weighted by Gasteiger charge is -2.20. The van der Waals surface area contributed by atoms with Crippen LogP contribution < -0.4 is 29.8 Å². The van der Waals surface area contributed by atoms with Crippen LogP contribution in [0.1, 0.15) is 12.7 Å². The second-order valence-corrected chi connectivity index (χ2v) is 7.68. The van der Waals surface area contributed by atoms with E-state index in [9.17, 15) is 9.59 Å². The summed E-state index contributed by atoms with van der Waals surface area (Å²) in [5.41, 5.74) is 0.584. The molecule has 0 saturated carbocycles. The van der Waals surface area contributed by atoms with Crippen molar-refractivity contribution in [3.05, 3.63) is 45.5 Å². The predicted molar refractivity (Wildman–Crippen MR) is 130 cm³/mol. The zero-order valence-electron chi connectivity index (χ0n) is 19.7. The van der Waals surface area contributed by atoms with Gasteiger partial charge in [0.15, 0.2) is 11.5 Å². The van der Waals surface area contributed by atoms with Crippen molar-refractivity contribution >= 4 is 34.1 Å². The number of ether oxygens (including phenoxy) is 4. The van der Waals surface area contributed by atoms with E-state index in [4.69, 9.17) is 30.5 Å². The van der Waals surface area contributed by atoms with Gasteiger partial charge in [-0.2, -0.15) is 0 Å². The first-order valence-corrected chi connectivity index (χ1v) is 10.8. The number of halogens is 1. The number of likely N-dealkylation sites (N-methyl/N-ethyl adjacent to an activating group) is 1. The highest BCUT2D eigenvalue weighted by Crippen LogP contribution is 2.36. The minimum Gasteiger partial charge on any atom is -0.495 e. The third-order valence-electron chi connectivity index (χ3n) is 5.20. The van der Waals surface area contributed by atoms with Crippen LogP contribution in [-0.2, 0) is 11.3 Å². The van der Waals surface area contributed by atoms with E-state index in [1.807, 2.05) is 11.8 Å². The van der Waals surface area contributed by atoms with Crippen LogP contribution in [0.25, 0.3) is 10.9 Å². The Bertz CT molecular complexity index is 1250. The number of H-pyrrole nitrogens is 1. The minimum absolute atomic E-state index is 0.0526. The number of aromatic nitrogens is 2. The van der Waals surface area contributed by atoms with Gasteiger partial charge >= 0.3 is 0 Å². The summed E-state index contributed by atoms with van der Waals surface area (Å²) in [6.45, 7) is 2.76. The molecule has 11 heteroatoms. The summed E-state index contributed by atoms with van der Waals surface area (Å²) in [7, 11) is 6.00. The molecule has 0 unspecified atom stereocenters. The van der Waals surface area contributed by atoms with Gasteiger partial charge in [-0.05, 0) is 18.7 Å². The maximum absolute atomic E-state index is 12.7. The molecule has 182 valence electrons. The number of nitrogens with zero attached hydrogens (tertiary/aromatic N) is 2. The van der Waals surface area contributed by atoms with Crippen molar-refractivity contribution in [1.29, 1.82) is 0 Å². The first kappa shape index (κ1) is 25.1. The lowest BCUT2D eigenvalue weighted by atomic mass is 10.2. The van der Waals surface area contributed by atoms with Crippen LogP contribution in [0.4, 0.5) is 5.69 Å². The quantitative estimate of drug-likeness (QED) is 0.445. The second-order valence-electron chi connectivity index (χ2n) is 7.28.